The van der Waals surface area contributed by atoms with E-state index in [0.29, 0.717) is 32.3 Å². The molecule has 0 amide bonds. The first kappa shape index (κ1) is 14.2. The molecular weight excluding hydrogens is 220 g/mol. The molecule has 2 unspecified atom stereocenters. The number of hydrogen-bond acceptors (Lipinski definition) is 4. The SMILES string of the molecule is CCOC(=O)C1(CCC(C)O)CCCCC1=O. The van der Waals surface area contributed by atoms with Crippen molar-refractivity contribution >= 4 is 11.8 Å². The number of aliphatic hydroxyl groups excluding tert-OH is 1. The summed E-state index contributed by atoms with van der Waals surface area (Å²) >= 11 is 0. The fourth-order valence-corrected chi connectivity index (χ4v) is 2.40. The Bertz CT molecular complexity index is 285. The number of hydrogen-bond donors (Lipinski definition) is 1. The summed E-state index contributed by atoms with van der Waals surface area (Å²) in [5, 5.41) is 9.33. The second-order valence-corrected chi connectivity index (χ2v) is 4.82. The van der Waals surface area contributed by atoms with Gasteiger partial charge in [-0.15, -0.1) is 0 Å². The van der Waals surface area contributed by atoms with Crippen molar-refractivity contribution in [2.24, 2.45) is 5.41 Å². The van der Waals surface area contributed by atoms with Crippen molar-refractivity contribution in [3.63, 3.8) is 0 Å². The van der Waals surface area contributed by atoms with E-state index in [0.717, 1.165) is 12.8 Å². The number of ether oxygens (including phenoxy) is 1. The maximum atomic E-state index is 12.1. The predicted octanol–water partition coefficient (Wildman–Crippen LogP) is 1.84. The van der Waals surface area contributed by atoms with Crippen molar-refractivity contribution in [2.75, 3.05) is 6.61 Å². The number of carbonyl (C=O) groups excluding carboxylic acids is 2. The number of ketones is 1. The number of esters is 1. The average molecular weight is 242 g/mol. The highest BCUT2D eigenvalue weighted by atomic mass is 16.5. The molecule has 0 heterocycles. The van der Waals surface area contributed by atoms with Crippen molar-refractivity contribution in [3.8, 4) is 0 Å². The van der Waals surface area contributed by atoms with Gasteiger partial charge in [0.2, 0.25) is 0 Å². The molecule has 1 saturated carbocycles. The molecule has 1 N–H and O–H groups in total. The largest absolute Gasteiger partial charge is 0.465 e. The lowest BCUT2D eigenvalue weighted by molar-refractivity contribution is -0.163. The molecule has 0 aromatic rings. The van der Waals surface area contributed by atoms with Crippen LogP contribution in [0.15, 0.2) is 0 Å². The Morgan fingerprint density at radius 3 is 2.76 bits per heavy atom. The fourth-order valence-electron chi connectivity index (χ4n) is 2.40. The molecule has 4 nitrogen and oxygen atoms in total. The zero-order valence-electron chi connectivity index (χ0n) is 10.7. The van der Waals surface area contributed by atoms with Crippen molar-refractivity contribution in [2.45, 2.75) is 58.5 Å². The highest BCUT2D eigenvalue weighted by Gasteiger charge is 2.47. The van der Waals surface area contributed by atoms with Crippen LogP contribution in [-0.4, -0.2) is 29.6 Å². The van der Waals surface area contributed by atoms with Crippen molar-refractivity contribution in [1.29, 1.82) is 0 Å². The molecule has 0 bridgehead atoms. The average Bonchev–Trinajstić information content (AvgIpc) is 2.28. The van der Waals surface area contributed by atoms with Crippen LogP contribution in [-0.2, 0) is 14.3 Å². The molecule has 0 aliphatic heterocycles. The number of rotatable bonds is 5. The summed E-state index contributed by atoms with van der Waals surface area (Å²) in [6, 6.07) is 0. The van der Waals surface area contributed by atoms with E-state index in [4.69, 9.17) is 4.74 Å². The van der Waals surface area contributed by atoms with Gasteiger partial charge in [-0.3, -0.25) is 9.59 Å². The lowest BCUT2D eigenvalue weighted by Crippen LogP contribution is -2.43. The smallest absolute Gasteiger partial charge is 0.319 e. The van der Waals surface area contributed by atoms with Gasteiger partial charge in [0.05, 0.1) is 12.7 Å². The van der Waals surface area contributed by atoms with Gasteiger partial charge in [0.1, 0.15) is 11.2 Å². The van der Waals surface area contributed by atoms with Crippen LogP contribution in [0.3, 0.4) is 0 Å². The summed E-state index contributed by atoms with van der Waals surface area (Å²) in [4.78, 5) is 24.1. The molecule has 0 spiro atoms. The van der Waals surface area contributed by atoms with Gasteiger partial charge < -0.3 is 9.84 Å². The first-order valence-electron chi connectivity index (χ1n) is 6.41. The molecule has 2 atom stereocenters. The third-order valence-electron chi connectivity index (χ3n) is 3.45. The molecule has 1 rings (SSSR count). The normalized spacial score (nSPS) is 26.6. The second-order valence-electron chi connectivity index (χ2n) is 4.82. The lowest BCUT2D eigenvalue weighted by atomic mass is 9.70. The molecule has 1 aliphatic rings. The number of carbonyl (C=O) groups is 2. The van der Waals surface area contributed by atoms with Gasteiger partial charge in [0.15, 0.2) is 0 Å². The molecule has 0 aromatic carbocycles. The van der Waals surface area contributed by atoms with Crippen LogP contribution in [0.1, 0.15) is 52.4 Å². The van der Waals surface area contributed by atoms with E-state index in [1.165, 1.54) is 0 Å². The molecule has 0 saturated heterocycles. The van der Waals surface area contributed by atoms with Gasteiger partial charge in [-0.05, 0) is 39.5 Å². The topological polar surface area (TPSA) is 63.6 Å². The Labute approximate surface area is 102 Å². The number of aliphatic hydroxyl groups is 1. The molecule has 0 aromatic heterocycles. The van der Waals surface area contributed by atoms with E-state index in [-0.39, 0.29) is 5.78 Å². The molecule has 1 aliphatic carbocycles. The van der Waals surface area contributed by atoms with Crippen molar-refractivity contribution in [3.05, 3.63) is 0 Å². The van der Waals surface area contributed by atoms with Gasteiger partial charge in [0.25, 0.3) is 0 Å². The maximum absolute atomic E-state index is 12.1. The van der Waals surface area contributed by atoms with Gasteiger partial charge in [-0.2, -0.15) is 0 Å². The molecule has 1 fully saturated rings. The van der Waals surface area contributed by atoms with Crippen LogP contribution in [0.25, 0.3) is 0 Å². The molecule has 4 heteroatoms. The van der Waals surface area contributed by atoms with E-state index in [1.54, 1.807) is 13.8 Å². The van der Waals surface area contributed by atoms with Crippen LogP contribution < -0.4 is 0 Å². The second kappa shape index (κ2) is 6.15. The fraction of sp³-hybridized carbons (Fsp3) is 0.846. The zero-order chi connectivity index (χ0) is 12.9. The summed E-state index contributed by atoms with van der Waals surface area (Å²) in [7, 11) is 0. The third kappa shape index (κ3) is 3.28. The Morgan fingerprint density at radius 1 is 1.53 bits per heavy atom. The predicted molar refractivity (Wildman–Crippen MR) is 63.5 cm³/mol. The Kier molecular flexibility index (Phi) is 5.12. The Morgan fingerprint density at radius 2 is 2.24 bits per heavy atom. The zero-order valence-corrected chi connectivity index (χ0v) is 10.7. The number of Topliss-reactive ketones (excluding diaryl/α,β-unsaturated/α-hetero) is 1. The Balaban J connectivity index is 2.82. The summed E-state index contributed by atoms with van der Waals surface area (Å²) in [6.45, 7) is 3.71. The van der Waals surface area contributed by atoms with Gasteiger partial charge in [0, 0.05) is 6.42 Å². The van der Waals surface area contributed by atoms with E-state index < -0.39 is 17.5 Å². The van der Waals surface area contributed by atoms with Gasteiger partial charge in [-0.1, -0.05) is 6.42 Å². The van der Waals surface area contributed by atoms with Crippen LogP contribution in [0.5, 0.6) is 0 Å². The monoisotopic (exact) mass is 242 g/mol. The lowest BCUT2D eigenvalue weighted by Gasteiger charge is -2.33. The van der Waals surface area contributed by atoms with Crippen molar-refractivity contribution < 1.29 is 19.4 Å². The summed E-state index contributed by atoms with van der Waals surface area (Å²) in [5.74, 6) is -0.409. The van der Waals surface area contributed by atoms with Gasteiger partial charge in [-0.25, -0.2) is 0 Å². The standard InChI is InChI=1S/C13H22O4/c1-3-17-12(16)13(9-7-10(2)14)8-5-4-6-11(13)15/h10,14H,3-9H2,1-2H3. The first-order chi connectivity index (χ1) is 8.03. The minimum absolute atomic E-state index is 0.0112. The highest BCUT2D eigenvalue weighted by Crippen LogP contribution is 2.39. The summed E-state index contributed by atoms with van der Waals surface area (Å²) < 4.78 is 5.05. The molecular formula is C13H22O4. The van der Waals surface area contributed by atoms with Crippen LogP contribution in [0, 0.1) is 5.41 Å². The maximum Gasteiger partial charge on any atom is 0.319 e. The van der Waals surface area contributed by atoms with Crippen LogP contribution in [0.4, 0.5) is 0 Å². The van der Waals surface area contributed by atoms with Crippen LogP contribution in [0.2, 0.25) is 0 Å². The minimum atomic E-state index is -0.981. The van der Waals surface area contributed by atoms with E-state index in [9.17, 15) is 14.7 Å². The highest BCUT2D eigenvalue weighted by molar-refractivity contribution is 6.04. The van der Waals surface area contributed by atoms with E-state index >= 15 is 0 Å². The minimum Gasteiger partial charge on any atom is -0.465 e. The molecule has 98 valence electrons. The molecule has 0 radical (unpaired) electrons. The Hall–Kier alpha value is -0.900. The third-order valence-corrected chi connectivity index (χ3v) is 3.45. The van der Waals surface area contributed by atoms with Crippen LogP contribution >= 0.6 is 0 Å². The first-order valence-corrected chi connectivity index (χ1v) is 6.41. The summed E-state index contributed by atoms with van der Waals surface area (Å²) in [6.07, 6.45) is 3.14. The summed E-state index contributed by atoms with van der Waals surface area (Å²) in [5.41, 5.74) is -0.981. The quantitative estimate of drug-likeness (QED) is 0.590. The van der Waals surface area contributed by atoms with Crippen molar-refractivity contribution in [1.82, 2.24) is 0 Å². The molecule has 17 heavy (non-hydrogen) atoms. The van der Waals surface area contributed by atoms with Gasteiger partial charge >= 0.3 is 5.97 Å². The van der Waals surface area contributed by atoms with E-state index in [1.807, 2.05) is 0 Å². The van der Waals surface area contributed by atoms with E-state index in [2.05, 4.69) is 0 Å².